The highest BCUT2D eigenvalue weighted by molar-refractivity contribution is 5.91. The summed E-state index contributed by atoms with van der Waals surface area (Å²) in [5.74, 6) is -0.166. The molecule has 0 bridgehead atoms. The van der Waals surface area contributed by atoms with Crippen LogP contribution < -0.4 is 15.2 Å². The lowest BCUT2D eigenvalue weighted by Crippen LogP contribution is -2.14. The van der Waals surface area contributed by atoms with Crippen LogP contribution in [0.3, 0.4) is 0 Å². The Labute approximate surface area is 128 Å². The van der Waals surface area contributed by atoms with Crippen molar-refractivity contribution in [1.82, 2.24) is 0 Å². The number of allylic oxidation sites excluding steroid dienone is 3. The van der Waals surface area contributed by atoms with Crippen LogP contribution in [0.15, 0.2) is 59.8 Å². The fourth-order valence-electron chi connectivity index (χ4n) is 1.77. The summed E-state index contributed by atoms with van der Waals surface area (Å²) >= 11 is 0. The summed E-state index contributed by atoms with van der Waals surface area (Å²) in [4.78, 5) is 23.3. The monoisotopic (exact) mass is 299 g/mol. The molecule has 0 atom stereocenters. The molecule has 1 aliphatic carbocycles. The molecule has 0 saturated carbocycles. The van der Waals surface area contributed by atoms with Crippen molar-refractivity contribution in [1.29, 1.82) is 0 Å². The molecule has 0 unspecified atom stereocenters. The van der Waals surface area contributed by atoms with E-state index < -0.39 is 11.9 Å². The number of carbonyl (C=O) groups excluding carboxylic acids is 2. The number of benzene rings is 1. The molecule has 5 nitrogen and oxygen atoms in total. The minimum Gasteiger partial charge on any atom is -0.423 e. The number of nitrogens with two attached hydrogens (primary N) is 1. The summed E-state index contributed by atoms with van der Waals surface area (Å²) in [7, 11) is 0. The van der Waals surface area contributed by atoms with E-state index in [0.717, 1.165) is 5.70 Å². The summed E-state index contributed by atoms with van der Waals surface area (Å²) in [6.07, 6.45) is 4.59. The Hall–Kier alpha value is -2.82. The van der Waals surface area contributed by atoms with Crippen LogP contribution in [0.5, 0.6) is 11.5 Å². The molecule has 5 heteroatoms. The highest BCUT2D eigenvalue weighted by Crippen LogP contribution is 2.21. The normalized spacial score (nSPS) is 13.7. The molecule has 114 valence electrons. The first-order valence-corrected chi connectivity index (χ1v) is 6.81. The maximum absolute atomic E-state index is 12.0. The van der Waals surface area contributed by atoms with Crippen molar-refractivity contribution in [2.75, 3.05) is 0 Å². The zero-order valence-corrected chi connectivity index (χ0v) is 12.3. The molecule has 0 aromatic heterocycles. The maximum atomic E-state index is 12.0. The molecule has 1 aromatic carbocycles. The van der Waals surface area contributed by atoms with Crippen molar-refractivity contribution < 1.29 is 19.1 Å². The van der Waals surface area contributed by atoms with Crippen molar-refractivity contribution in [3.8, 4) is 11.5 Å². The van der Waals surface area contributed by atoms with Gasteiger partial charge in [0.05, 0.1) is 0 Å². The Bertz CT molecular complexity index is 668. The van der Waals surface area contributed by atoms with Gasteiger partial charge in [-0.25, -0.2) is 9.59 Å². The largest absolute Gasteiger partial charge is 0.423 e. The van der Waals surface area contributed by atoms with Crippen molar-refractivity contribution >= 4 is 11.9 Å². The van der Waals surface area contributed by atoms with Crippen LogP contribution in [0, 0.1) is 0 Å². The molecule has 0 saturated heterocycles. The average molecular weight is 299 g/mol. The summed E-state index contributed by atoms with van der Waals surface area (Å²) in [6, 6.07) is 6.23. The third-order valence-electron chi connectivity index (χ3n) is 3.04. The van der Waals surface area contributed by atoms with E-state index in [2.05, 4.69) is 6.58 Å². The van der Waals surface area contributed by atoms with Crippen molar-refractivity contribution in [3.05, 3.63) is 59.8 Å². The second kappa shape index (κ2) is 6.76. The van der Waals surface area contributed by atoms with Gasteiger partial charge in [-0.15, -0.1) is 0 Å². The van der Waals surface area contributed by atoms with E-state index in [1.165, 1.54) is 0 Å². The van der Waals surface area contributed by atoms with Gasteiger partial charge in [0, 0.05) is 16.8 Å². The molecule has 0 spiro atoms. The minimum absolute atomic E-state index is 0.312. The molecule has 0 aliphatic heterocycles. The van der Waals surface area contributed by atoms with Gasteiger partial charge < -0.3 is 15.2 Å². The second-order valence-corrected chi connectivity index (χ2v) is 4.96. The number of esters is 2. The average Bonchev–Trinajstić information content (AvgIpc) is 2.49. The number of ether oxygens (including phenoxy) is 2. The van der Waals surface area contributed by atoms with Crippen molar-refractivity contribution in [2.45, 2.75) is 19.8 Å². The molecule has 0 fully saturated rings. The molecule has 22 heavy (non-hydrogen) atoms. The molecule has 0 amide bonds. The summed E-state index contributed by atoms with van der Waals surface area (Å²) in [5, 5.41) is 0. The maximum Gasteiger partial charge on any atom is 0.339 e. The first kappa shape index (κ1) is 15.6. The first-order chi connectivity index (χ1) is 10.5. The van der Waals surface area contributed by atoms with E-state index in [-0.39, 0.29) is 0 Å². The van der Waals surface area contributed by atoms with Crippen LogP contribution >= 0.6 is 0 Å². The van der Waals surface area contributed by atoms with Crippen LogP contribution in [0.2, 0.25) is 0 Å². The standard InChI is InChI=1S/C17H17NO4/c1-11(2)16(19)21-14-7-9-15(10-8-14)22-17(20)12-3-5-13(18)6-4-12/h3,5,7-10H,1,4,6,18H2,2H3. The van der Waals surface area contributed by atoms with E-state index in [0.29, 0.717) is 35.5 Å². The third-order valence-corrected chi connectivity index (χ3v) is 3.04. The summed E-state index contributed by atoms with van der Waals surface area (Å²) in [6.45, 7) is 5.07. The number of hydrogen-bond donors (Lipinski definition) is 1. The van der Waals surface area contributed by atoms with E-state index in [1.807, 2.05) is 0 Å². The zero-order chi connectivity index (χ0) is 16.1. The predicted molar refractivity (Wildman–Crippen MR) is 82.1 cm³/mol. The predicted octanol–water partition coefficient (Wildman–Crippen LogP) is 2.64. The molecule has 1 aliphatic rings. The number of carbonyl (C=O) groups is 2. The first-order valence-electron chi connectivity index (χ1n) is 6.81. The fourth-order valence-corrected chi connectivity index (χ4v) is 1.77. The topological polar surface area (TPSA) is 78.6 Å². The van der Waals surface area contributed by atoms with E-state index >= 15 is 0 Å². The quantitative estimate of drug-likeness (QED) is 0.525. The Morgan fingerprint density at radius 1 is 1.05 bits per heavy atom. The highest BCUT2D eigenvalue weighted by Gasteiger charge is 2.14. The number of rotatable bonds is 4. The Morgan fingerprint density at radius 3 is 2.14 bits per heavy atom. The smallest absolute Gasteiger partial charge is 0.339 e. The highest BCUT2D eigenvalue weighted by atomic mass is 16.5. The van der Waals surface area contributed by atoms with E-state index in [1.54, 1.807) is 43.3 Å². The van der Waals surface area contributed by atoms with Gasteiger partial charge in [-0.1, -0.05) is 12.7 Å². The Morgan fingerprint density at radius 2 is 1.64 bits per heavy atom. The van der Waals surface area contributed by atoms with Gasteiger partial charge in [0.25, 0.3) is 0 Å². The van der Waals surface area contributed by atoms with Gasteiger partial charge in [-0.05, 0) is 50.1 Å². The van der Waals surface area contributed by atoms with Gasteiger partial charge in [0.15, 0.2) is 0 Å². The third kappa shape index (κ3) is 4.09. The molecule has 1 aromatic rings. The molecule has 2 rings (SSSR count). The molecular formula is C17H17NO4. The number of hydrogen-bond acceptors (Lipinski definition) is 5. The van der Waals surface area contributed by atoms with Crippen molar-refractivity contribution in [2.24, 2.45) is 5.73 Å². The summed E-state index contributed by atoms with van der Waals surface area (Å²) in [5.41, 5.74) is 7.28. The molecular weight excluding hydrogens is 282 g/mol. The lowest BCUT2D eigenvalue weighted by Gasteiger charge is -2.11. The lowest BCUT2D eigenvalue weighted by molar-refractivity contribution is -0.131. The van der Waals surface area contributed by atoms with E-state index in [9.17, 15) is 9.59 Å². The molecule has 2 N–H and O–H groups in total. The minimum atomic E-state index is -0.499. The lowest BCUT2D eigenvalue weighted by atomic mass is 10.0. The fraction of sp³-hybridized carbons (Fsp3) is 0.176. The summed E-state index contributed by atoms with van der Waals surface area (Å²) < 4.78 is 10.3. The molecule has 0 radical (unpaired) electrons. The zero-order valence-electron chi connectivity index (χ0n) is 12.3. The second-order valence-electron chi connectivity index (χ2n) is 4.96. The van der Waals surface area contributed by atoms with Crippen molar-refractivity contribution in [3.63, 3.8) is 0 Å². The van der Waals surface area contributed by atoms with Crippen LogP contribution in [0.4, 0.5) is 0 Å². The van der Waals surface area contributed by atoms with Gasteiger partial charge in [-0.2, -0.15) is 0 Å². The van der Waals surface area contributed by atoms with Gasteiger partial charge in [0.2, 0.25) is 0 Å². The van der Waals surface area contributed by atoms with Gasteiger partial charge in [-0.3, -0.25) is 0 Å². The Balaban J connectivity index is 1.98. The molecule has 0 heterocycles. The van der Waals surface area contributed by atoms with Crippen LogP contribution in [-0.4, -0.2) is 11.9 Å². The van der Waals surface area contributed by atoms with Crippen LogP contribution in [0.25, 0.3) is 0 Å². The SMILES string of the molecule is C=C(C)C(=O)Oc1ccc(OC(=O)C2=CC=C(N)CC2)cc1. The van der Waals surface area contributed by atoms with Crippen LogP contribution in [0.1, 0.15) is 19.8 Å². The Kier molecular flexibility index (Phi) is 4.78. The van der Waals surface area contributed by atoms with Gasteiger partial charge >= 0.3 is 11.9 Å². The van der Waals surface area contributed by atoms with Crippen LogP contribution in [-0.2, 0) is 9.59 Å². The van der Waals surface area contributed by atoms with Gasteiger partial charge in [0.1, 0.15) is 11.5 Å². The van der Waals surface area contributed by atoms with E-state index in [4.69, 9.17) is 15.2 Å².